The van der Waals surface area contributed by atoms with Crippen molar-refractivity contribution in [1.29, 1.82) is 0 Å². The van der Waals surface area contributed by atoms with E-state index in [0.717, 1.165) is 33.3 Å². The van der Waals surface area contributed by atoms with Crippen LogP contribution in [0.15, 0.2) is 61.2 Å². The van der Waals surface area contributed by atoms with Gasteiger partial charge in [0.2, 0.25) is 0 Å². The molecule has 0 spiro atoms. The number of carbonyl (C=O) groups excluding carboxylic acids is 1. The first-order valence-corrected chi connectivity index (χ1v) is 11.4. The number of aryl methyl sites for hydroxylation is 1. The first-order valence-electron chi connectivity index (χ1n) is 11.4. The molecule has 3 aromatic heterocycles. The fourth-order valence-electron chi connectivity index (χ4n) is 4.66. The molecule has 8 heteroatoms. The van der Waals surface area contributed by atoms with Crippen molar-refractivity contribution in [2.45, 2.75) is 25.5 Å². The lowest BCUT2D eigenvalue weighted by Gasteiger charge is -2.40. The van der Waals surface area contributed by atoms with Gasteiger partial charge in [-0.05, 0) is 23.8 Å². The maximum absolute atomic E-state index is 13.2. The summed E-state index contributed by atoms with van der Waals surface area (Å²) in [5, 5.41) is 15.4. The minimum absolute atomic E-state index is 0.0385. The molecule has 0 bridgehead atoms. The zero-order valence-electron chi connectivity index (χ0n) is 19.3. The summed E-state index contributed by atoms with van der Waals surface area (Å²) in [5.41, 5.74) is 11.1. The Hall–Kier alpha value is -3.62. The Bertz CT molecular complexity index is 1340. The average Bonchev–Trinajstić information content (AvgIpc) is 3.28. The molecule has 174 valence electrons. The zero-order chi connectivity index (χ0) is 23.8. The standard InChI is InChI=1S/C26H28N6O2/c1-16-13-32(15-21(27)26(16)34)24-7-8-28-11-19(24)10-25(33)22-6-5-17-3-4-18(9-23(17)30-22)20-12-29-31(2)14-20/h3-9,11-12,14,16,21,26,34H,10,13,15,27H2,1-2H3/t16-,21+,26+/m0/s1. The Kier molecular flexibility index (Phi) is 5.85. The van der Waals surface area contributed by atoms with Gasteiger partial charge in [0.15, 0.2) is 5.78 Å². The van der Waals surface area contributed by atoms with E-state index in [4.69, 9.17) is 5.73 Å². The lowest BCUT2D eigenvalue weighted by atomic mass is 9.92. The first kappa shape index (κ1) is 22.2. The number of piperidine rings is 1. The second-order valence-corrected chi connectivity index (χ2v) is 9.15. The van der Waals surface area contributed by atoms with Gasteiger partial charge in [-0.2, -0.15) is 5.10 Å². The van der Waals surface area contributed by atoms with Crippen LogP contribution in [0, 0.1) is 5.92 Å². The number of rotatable bonds is 5. The number of ketones is 1. The van der Waals surface area contributed by atoms with Crippen molar-refractivity contribution in [1.82, 2.24) is 19.7 Å². The number of aliphatic hydroxyl groups is 1. The third-order valence-corrected chi connectivity index (χ3v) is 6.55. The summed E-state index contributed by atoms with van der Waals surface area (Å²) in [6, 6.07) is 11.3. The van der Waals surface area contributed by atoms with E-state index in [1.54, 1.807) is 23.1 Å². The second kappa shape index (κ2) is 8.96. The summed E-state index contributed by atoms with van der Waals surface area (Å²) < 4.78 is 1.76. The van der Waals surface area contributed by atoms with Crippen LogP contribution in [0.3, 0.4) is 0 Å². The van der Waals surface area contributed by atoms with Crippen molar-refractivity contribution in [2.75, 3.05) is 18.0 Å². The van der Waals surface area contributed by atoms with Gasteiger partial charge < -0.3 is 15.7 Å². The topological polar surface area (TPSA) is 110 Å². The number of anilines is 1. The van der Waals surface area contributed by atoms with E-state index in [1.165, 1.54) is 0 Å². The molecule has 0 unspecified atom stereocenters. The highest BCUT2D eigenvalue weighted by molar-refractivity contribution is 5.98. The molecule has 1 saturated heterocycles. The molecule has 3 atom stereocenters. The molecule has 1 aliphatic rings. The third-order valence-electron chi connectivity index (χ3n) is 6.55. The zero-order valence-corrected chi connectivity index (χ0v) is 19.3. The molecule has 3 N–H and O–H groups in total. The number of nitrogens with two attached hydrogens (primary N) is 1. The van der Waals surface area contributed by atoms with Gasteiger partial charge in [-0.3, -0.25) is 14.5 Å². The van der Waals surface area contributed by atoms with Crippen molar-refractivity contribution in [2.24, 2.45) is 18.7 Å². The minimum atomic E-state index is -0.526. The highest BCUT2D eigenvalue weighted by Crippen LogP contribution is 2.27. The van der Waals surface area contributed by atoms with Crippen molar-refractivity contribution < 1.29 is 9.90 Å². The van der Waals surface area contributed by atoms with Crippen molar-refractivity contribution in [3.05, 3.63) is 72.4 Å². The van der Waals surface area contributed by atoms with E-state index in [-0.39, 0.29) is 24.2 Å². The molecule has 0 radical (unpaired) electrons. The largest absolute Gasteiger partial charge is 0.391 e. The minimum Gasteiger partial charge on any atom is -0.391 e. The summed E-state index contributed by atoms with van der Waals surface area (Å²) in [5.74, 6) is -0.0334. The third kappa shape index (κ3) is 4.30. The monoisotopic (exact) mass is 456 g/mol. The van der Waals surface area contributed by atoms with E-state index in [0.29, 0.717) is 18.8 Å². The Balaban J connectivity index is 1.41. The molecule has 4 heterocycles. The van der Waals surface area contributed by atoms with Gasteiger partial charge in [0.05, 0.1) is 17.8 Å². The molecular weight excluding hydrogens is 428 g/mol. The highest BCUT2D eigenvalue weighted by atomic mass is 16.3. The smallest absolute Gasteiger partial charge is 0.185 e. The number of fused-ring (bicyclic) bond motifs is 1. The average molecular weight is 457 g/mol. The summed E-state index contributed by atoms with van der Waals surface area (Å²) in [6.45, 7) is 3.19. The van der Waals surface area contributed by atoms with Crippen LogP contribution in [0.4, 0.5) is 5.69 Å². The van der Waals surface area contributed by atoms with Crippen LogP contribution in [-0.2, 0) is 13.5 Å². The van der Waals surface area contributed by atoms with Crippen molar-refractivity contribution >= 4 is 22.4 Å². The quantitative estimate of drug-likeness (QED) is 0.444. The predicted molar refractivity (Wildman–Crippen MR) is 132 cm³/mol. The first-order chi connectivity index (χ1) is 16.4. The van der Waals surface area contributed by atoms with Crippen LogP contribution in [0.25, 0.3) is 22.0 Å². The van der Waals surface area contributed by atoms with Crippen LogP contribution >= 0.6 is 0 Å². The molecule has 8 nitrogen and oxygen atoms in total. The van der Waals surface area contributed by atoms with Crippen LogP contribution in [0.5, 0.6) is 0 Å². The van der Waals surface area contributed by atoms with Gasteiger partial charge in [-0.1, -0.05) is 25.1 Å². The molecule has 0 aliphatic carbocycles. The molecule has 5 rings (SSSR count). The van der Waals surface area contributed by atoms with Gasteiger partial charge in [-0.25, -0.2) is 4.98 Å². The van der Waals surface area contributed by atoms with Gasteiger partial charge in [0.25, 0.3) is 0 Å². The maximum Gasteiger partial charge on any atom is 0.185 e. The van der Waals surface area contributed by atoms with Gasteiger partial charge in [0, 0.05) is 79.3 Å². The summed E-state index contributed by atoms with van der Waals surface area (Å²) in [6.07, 6.45) is 6.88. The highest BCUT2D eigenvalue weighted by Gasteiger charge is 2.31. The Morgan fingerprint density at radius 1 is 1.15 bits per heavy atom. The fourth-order valence-corrected chi connectivity index (χ4v) is 4.66. The number of aliphatic hydroxyl groups excluding tert-OH is 1. The van der Waals surface area contributed by atoms with Crippen LogP contribution < -0.4 is 10.6 Å². The number of benzene rings is 1. The number of hydrogen-bond donors (Lipinski definition) is 2. The number of hydrogen-bond acceptors (Lipinski definition) is 7. The van der Waals surface area contributed by atoms with E-state index < -0.39 is 6.10 Å². The number of aromatic nitrogens is 4. The summed E-state index contributed by atoms with van der Waals surface area (Å²) in [4.78, 5) is 24.3. The molecule has 1 fully saturated rings. The molecule has 34 heavy (non-hydrogen) atoms. The Morgan fingerprint density at radius 3 is 2.74 bits per heavy atom. The van der Waals surface area contributed by atoms with E-state index >= 15 is 0 Å². The Labute approximate surface area is 198 Å². The van der Waals surface area contributed by atoms with Gasteiger partial charge in [-0.15, -0.1) is 0 Å². The van der Waals surface area contributed by atoms with E-state index in [9.17, 15) is 9.90 Å². The number of carbonyl (C=O) groups is 1. The number of pyridine rings is 2. The molecule has 1 aliphatic heterocycles. The Morgan fingerprint density at radius 2 is 1.97 bits per heavy atom. The van der Waals surface area contributed by atoms with Crippen LogP contribution in [0.1, 0.15) is 23.0 Å². The van der Waals surface area contributed by atoms with Crippen LogP contribution in [-0.4, -0.2) is 55.9 Å². The molecule has 0 saturated carbocycles. The molecule has 0 amide bonds. The normalized spacial score (nSPS) is 20.6. The predicted octanol–water partition coefficient (Wildman–Crippen LogP) is 2.60. The van der Waals surface area contributed by atoms with Crippen LogP contribution in [0.2, 0.25) is 0 Å². The van der Waals surface area contributed by atoms with Crippen molar-refractivity contribution in [3.63, 3.8) is 0 Å². The lowest BCUT2D eigenvalue weighted by molar-refractivity contribution is 0.0784. The number of nitrogens with zero attached hydrogens (tertiary/aromatic N) is 5. The second-order valence-electron chi connectivity index (χ2n) is 9.15. The number of Topliss-reactive ketones (excluding diaryl/α,β-unsaturated/α-hetero) is 1. The molecular formula is C26H28N6O2. The molecule has 4 aromatic rings. The fraction of sp³-hybridized carbons (Fsp3) is 0.308. The van der Waals surface area contributed by atoms with Gasteiger partial charge in [0.1, 0.15) is 5.69 Å². The van der Waals surface area contributed by atoms with E-state index in [2.05, 4.69) is 20.0 Å². The SMILES string of the molecule is C[C@H]1CN(c2ccncc2CC(=O)c2ccc3ccc(-c4cnn(C)c4)cc3n2)C[C@@H](N)[C@@H]1O. The lowest BCUT2D eigenvalue weighted by Crippen LogP contribution is -2.55. The summed E-state index contributed by atoms with van der Waals surface area (Å²) in [7, 11) is 1.88. The molecule has 1 aromatic carbocycles. The summed E-state index contributed by atoms with van der Waals surface area (Å²) >= 11 is 0. The maximum atomic E-state index is 13.2. The van der Waals surface area contributed by atoms with E-state index in [1.807, 2.05) is 56.7 Å². The van der Waals surface area contributed by atoms with Crippen molar-refractivity contribution in [3.8, 4) is 11.1 Å². The van der Waals surface area contributed by atoms with Gasteiger partial charge >= 0.3 is 0 Å².